The zero-order valence-corrected chi connectivity index (χ0v) is 15.7. The number of benzene rings is 2. The number of rotatable bonds is 8. The zero-order chi connectivity index (χ0) is 19.8. The Morgan fingerprint density at radius 2 is 1.56 bits per heavy atom. The summed E-state index contributed by atoms with van der Waals surface area (Å²) in [6.07, 6.45) is 1.94. The van der Waals surface area contributed by atoms with Crippen LogP contribution in [-0.2, 0) is 9.53 Å². The zero-order valence-electron chi connectivity index (χ0n) is 15.7. The molecule has 1 atom stereocenters. The van der Waals surface area contributed by atoms with Gasteiger partial charge in [0.05, 0.1) is 21.3 Å². The van der Waals surface area contributed by atoms with Crippen LogP contribution in [0.1, 0.15) is 22.8 Å². The highest BCUT2D eigenvalue weighted by Gasteiger charge is 2.18. The molecule has 2 rings (SSSR count). The molecule has 142 valence electrons. The molecule has 0 saturated heterocycles. The van der Waals surface area contributed by atoms with Crippen LogP contribution in [-0.4, -0.2) is 39.2 Å². The summed E-state index contributed by atoms with van der Waals surface area (Å²) >= 11 is 0. The van der Waals surface area contributed by atoms with Gasteiger partial charge in [0, 0.05) is 11.6 Å². The monoisotopic (exact) mass is 370 g/mol. The Bertz CT molecular complexity index is 823. The van der Waals surface area contributed by atoms with Gasteiger partial charge in [0.25, 0.3) is 0 Å². The van der Waals surface area contributed by atoms with Gasteiger partial charge in [0.1, 0.15) is 5.75 Å². The molecule has 0 radical (unpaired) electrons. The highest BCUT2D eigenvalue weighted by molar-refractivity contribution is 6.01. The molecule has 0 unspecified atom stereocenters. The molecule has 2 aromatic carbocycles. The van der Waals surface area contributed by atoms with Gasteiger partial charge < -0.3 is 18.9 Å². The van der Waals surface area contributed by atoms with Crippen molar-refractivity contribution in [3.05, 3.63) is 59.7 Å². The Morgan fingerprint density at radius 1 is 0.889 bits per heavy atom. The molecule has 0 aliphatic carbocycles. The summed E-state index contributed by atoms with van der Waals surface area (Å²) in [4.78, 5) is 24.3. The Balaban J connectivity index is 1.99. The van der Waals surface area contributed by atoms with Crippen molar-refractivity contribution >= 4 is 17.8 Å². The molecule has 0 saturated carbocycles. The summed E-state index contributed by atoms with van der Waals surface area (Å²) in [5.41, 5.74) is 1.18. The van der Waals surface area contributed by atoms with Gasteiger partial charge in [-0.3, -0.25) is 4.79 Å². The minimum atomic E-state index is -0.902. The number of hydrogen-bond donors (Lipinski definition) is 0. The summed E-state index contributed by atoms with van der Waals surface area (Å²) < 4.78 is 20.6. The van der Waals surface area contributed by atoms with Gasteiger partial charge in [0.15, 0.2) is 17.6 Å². The molecule has 0 aliphatic heterocycles. The largest absolute Gasteiger partial charge is 0.497 e. The maximum atomic E-state index is 12.3. The van der Waals surface area contributed by atoms with Crippen molar-refractivity contribution in [1.29, 1.82) is 0 Å². The second kappa shape index (κ2) is 9.43. The molecule has 27 heavy (non-hydrogen) atoms. The number of ether oxygens (including phenoxy) is 4. The van der Waals surface area contributed by atoms with Crippen LogP contribution >= 0.6 is 0 Å². The summed E-state index contributed by atoms with van der Waals surface area (Å²) in [6.45, 7) is 1.54. The van der Waals surface area contributed by atoms with E-state index in [1.807, 2.05) is 0 Å². The first kappa shape index (κ1) is 20.0. The molecule has 0 fully saturated rings. The molecular weight excluding hydrogens is 348 g/mol. The Kier molecular flexibility index (Phi) is 7.00. The van der Waals surface area contributed by atoms with Crippen molar-refractivity contribution in [1.82, 2.24) is 0 Å². The maximum Gasteiger partial charge on any atom is 0.331 e. The Morgan fingerprint density at radius 3 is 2.15 bits per heavy atom. The van der Waals surface area contributed by atoms with Crippen LogP contribution in [0, 0.1) is 0 Å². The molecule has 0 amide bonds. The lowest BCUT2D eigenvalue weighted by Gasteiger charge is -2.11. The summed E-state index contributed by atoms with van der Waals surface area (Å²) in [7, 11) is 4.63. The van der Waals surface area contributed by atoms with Gasteiger partial charge in [0.2, 0.25) is 5.78 Å². The lowest BCUT2D eigenvalue weighted by Crippen LogP contribution is -2.23. The first-order valence-electron chi connectivity index (χ1n) is 8.27. The van der Waals surface area contributed by atoms with Crippen LogP contribution in [0.5, 0.6) is 17.2 Å². The quantitative estimate of drug-likeness (QED) is 0.402. The minimum absolute atomic E-state index is 0.287. The highest BCUT2D eigenvalue weighted by atomic mass is 16.5. The third-order valence-electron chi connectivity index (χ3n) is 3.86. The second-order valence-electron chi connectivity index (χ2n) is 5.62. The van der Waals surface area contributed by atoms with Crippen molar-refractivity contribution in [3.8, 4) is 17.2 Å². The number of Topliss-reactive ketones (excluding diaryl/α,β-unsaturated/α-hetero) is 1. The van der Waals surface area contributed by atoms with Crippen LogP contribution in [0.3, 0.4) is 0 Å². The summed E-state index contributed by atoms with van der Waals surface area (Å²) in [6, 6.07) is 11.9. The third-order valence-corrected chi connectivity index (χ3v) is 3.86. The first-order valence-corrected chi connectivity index (χ1v) is 8.27. The van der Waals surface area contributed by atoms with Gasteiger partial charge in [-0.1, -0.05) is 6.07 Å². The summed E-state index contributed by atoms with van der Waals surface area (Å²) in [5.74, 6) is 0.894. The van der Waals surface area contributed by atoms with Gasteiger partial charge in [-0.05, 0) is 55.0 Å². The van der Waals surface area contributed by atoms with E-state index in [0.717, 1.165) is 5.56 Å². The molecule has 0 spiro atoms. The van der Waals surface area contributed by atoms with Crippen molar-refractivity contribution in [3.63, 3.8) is 0 Å². The number of ketones is 1. The van der Waals surface area contributed by atoms with E-state index in [9.17, 15) is 9.59 Å². The van der Waals surface area contributed by atoms with Gasteiger partial charge >= 0.3 is 5.97 Å². The average Bonchev–Trinajstić information content (AvgIpc) is 2.71. The van der Waals surface area contributed by atoms with Crippen molar-refractivity contribution < 1.29 is 28.5 Å². The van der Waals surface area contributed by atoms with E-state index >= 15 is 0 Å². The van der Waals surface area contributed by atoms with Crippen LogP contribution < -0.4 is 14.2 Å². The van der Waals surface area contributed by atoms with Crippen LogP contribution in [0.4, 0.5) is 0 Å². The normalized spacial score (nSPS) is 11.7. The average molecular weight is 370 g/mol. The first-order chi connectivity index (χ1) is 13.0. The molecule has 0 N–H and O–H groups in total. The molecule has 0 aromatic heterocycles. The van der Waals surface area contributed by atoms with Crippen LogP contribution in [0.2, 0.25) is 0 Å². The number of carbonyl (C=O) groups excluding carboxylic acids is 2. The van der Waals surface area contributed by atoms with E-state index in [2.05, 4.69) is 0 Å². The standard InChI is InChI=1S/C21H22O6/c1-14(21(23)16-7-9-17(24-2)10-8-16)27-20(22)12-6-15-5-11-18(25-3)19(13-15)26-4/h5-14H,1-4H3/b12-6+/t14-/m0/s1. The van der Waals surface area contributed by atoms with E-state index in [1.165, 1.54) is 20.1 Å². The highest BCUT2D eigenvalue weighted by Crippen LogP contribution is 2.28. The Hall–Kier alpha value is -3.28. The van der Waals surface area contributed by atoms with Crippen LogP contribution in [0.15, 0.2) is 48.5 Å². The van der Waals surface area contributed by atoms with Gasteiger partial charge in [-0.25, -0.2) is 4.79 Å². The van der Waals surface area contributed by atoms with E-state index in [0.29, 0.717) is 22.8 Å². The topological polar surface area (TPSA) is 71.1 Å². The van der Waals surface area contributed by atoms with Gasteiger partial charge in [-0.15, -0.1) is 0 Å². The smallest absolute Gasteiger partial charge is 0.331 e. The number of esters is 1. The lowest BCUT2D eigenvalue weighted by molar-refractivity contribution is -0.140. The fourth-order valence-corrected chi connectivity index (χ4v) is 2.38. The van der Waals surface area contributed by atoms with E-state index in [4.69, 9.17) is 18.9 Å². The SMILES string of the molecule is COc1ccc(C(=O)[C@H](C)OC(=O)/C=C/c2ccc(OC)c(OC)c2)cc1. The van der Waals surface area contributed by atoms with E-state index in [1.54, 1.807) is 62.8 Å². The number of methoxy groups -OCH3 is 3. The lowest BCUT2D eigenvalue weighted by atomic mass is 10.1. The minimum Gasteiger partial charge on any atom is -0.497 e. The van der Waals surface area contributed by atoms with Crippen LogP contribution in [0.25, 0.3) is 6.08 Å². The van der Waals surface area contributed by atoms with Crippen molar-refractivity contribution in [2.24, 2.45) is 0 Å². The van der Waals surface area contributed by atoms with Crippen molar-refractivity contribution in [2.45, 2.75) is 13.0 Å². The third kappa shape index (κ3) is 5.34. The molecule has 0 bridgehead atoms. The number of hydrogen-bond acceptors (Lipinski definition) is 6. The molecular formula is C21H22O6. The molecule has 2 aromatic rings. The molecule has 6 heteroatoms. The van der Waals surface area contributed by atoms with Crippen molar-refractivity contribution in [2.75, 3.05) is 21.3 Å². The molecule has 0 aliphatic rings. The fourth-order valence-electron chi connectivity index (χ4n) is 2.38. The predicted molar refractivity (Wildman–Crippen MR) is 101 cm³/mol. The van der Waals surface area contributed by atoms with E-state index in [-0.39, 0.29) is 5.78 Å². The van der Waals surface area contributed by atoms with E-state index < -0.39 is 12.1 Å². The fraction of sp³-hybridized carbons (Fsp3) is 0.238. The summed E-state index contributed by atoms with van der Waals surface area (Å²) in [5, 5.41) is 0. The van der Waals surface area contributed by atoms with Gasteiger partial charge in [-0.2, -0.15) is 0 Å². The molecule has 6 nitrogen and oxygen atoms in total. The Labute approximate surface area is 158 Å². The predicted octanol–water partition coefficient (Wildman–Crippen LogP) is 3.54. The number of carbonyl (C=O) groups is 2. The second-order valence-corrected chi connectivity index (χ2v) is 5.62. The molecule has 0 heterocycles. The maximum absolute atomic E-state index is 12.3.